The molecule has 4 nitrogen and oxygen atoms in total. The van der Waals surface area contributed by atoms with Crippen molar-refractivity contribution in [3.8, 4) is 0 Å². The number of rotatable bonds is 3. The van der Waals surface area contributed by atoms with Crippen molar-refractivity contribution in [2.45, 2.75) is 20.4 Å². The van der Waals surface area contributed by atoms with E-state index < -0.39 is 0 Å². The molecule has 2 aromatic carbocycles. The molecule has 0 bridgehead atoms. The van der Waals surface area contributed by atoms with Crippen LogP contribution in [0.4, 0.5) is 0 Å². The second-order valence-corrected chi connectivity index (χ2v) is 6.16. The topological polar surface area (TPSA) is 51.4 Å². The van der Waals surface area contributed by atoms with Crippen LogP contribution in [0.25, 0.3) is 10.2 Å². The summed E-state index contributed by atoms with van der Waals surface area (Å²) in [5.74, 6) is -0.317. The lowest BCUT2D eigenvalue weighted by Gasteiger charge is -2.00. The Morgan fingerprint density at radius 3 is 2.35 bits per heavy atom. The Bertz CT molecular complexity index is 949. The lowest BCUT2D eigenvalue weighted by Crippen LogP contribution is -2.15. The average molecular weight is 324 g/mol. The normalized spacial score (nSPS) is 11.8. The van der Waals surface area contributed by atoms with Gasteiger partial charge in [-0.05, 0) is 38.1 Å². The van der Waals surface area contributed by atoms with Gasteiger partial charge >= 0.3 is 0 Å². The number of fused-ring (bicyclic) bond motifs is 1. The van der Waals surface area contributed by atoms with E-state index in [0.717, 1.165) is 16.8 Å². The Morgan fingerprint density at radius 1 is 1.04 bits per heavy atom. The molecule has 116 valence electrons. The lowest BCUT2D eigenvalue weighted by atomic mass is 10.1. The lowest BCUT2D eigenvalue weighted by molar-refractivity contribution is 0.0991. The van der Waals surface area contributed by atoms with Crippen LogP contribution < -0.4 is 4.80 Å². The second kappa shape index (κ2) is 6.30. The zero-order chi connectivity index (χ0) is 16.4. The minimum atomic E-state index is -0.297. The highest BCUT2D eigenvalue weighted by Gasteiger charge is 2.08. The Kier molecular flexibility index (Phi) is 4.21. The van der Waals surface area contributed by atoms with Crippen LogP contribution in [-0.4, -0.2) is 16.3 Å². The molecule has 0 fully saturated rings. The Labute approximate surface area is 137 Å². The zero-order valence-electron chi connectivity index (χ0n) is 12.9. The number of aromatic nitrogens is 1. The van der Waals surface area contributed by atoms with E-state index >= 15 is 0 Å². The molecule has 1 amide bonds. The number of hydrogen-bond acceptors (Lipinski definition) is 3. The molecule has 1 aromatic heterocycles. The molecule has 0 aliphatic heterocycles. The van der Waals surface area contributed by atoms with Gasteiger partial charge < -0.3 is 4.57 Å². The molecule has 0 spiro atoms. The molecule has 1 heterocycles. The number of benzene rings is 2. The molecule has 0 unspecified atom stereocenters. The molecule has 3 aromatic rings. The molecule has 0 atom stereocenters. The number of amides is 1. The number of carbonyl (C=O) groups is 2. The van der Waals surface area contributed by atoms with Gasteiger partial charge in [-0.2, -0.15) is 4.99 Å². The summed E-state index contributed by atoms with van der Waals surface area (Å²) < 4.78 is 3.13. The summed E-state index contributed by atoms with van der Waals surface area (Å²) in [7, 11) is 0. The van der Waals surface area contributed by atoms with Crippen LogP contribution in [0.2, 0.25) is 0 Å². The summed E-state index contributed by atoms with van der Waals surface area (Å²) in [6.45, 7) is 4.28. The second-order valence-electron chi connectivity index (χ2n) is 5.15. The van der Waals surface area contributed by atoms with Crippen molar-refractivity contribution in [1.82, 2.24) is 4.57 Å². The van der Waals surface area contributed by atoms with E-state index in [1.165, 1.54) is 18.3 Å². The predicted octanol–water partition coefficient (Wildman–Crippen LogP) is 3.67. The number of hydrogen-bond donors (Lipinski definition) is 0. The van der Waals surface area contributed by atoms with Crippen LogP contribution in [-0.2, 0) is 6.54 Å². The van der Waals surface area contributed by atoms with Crippen LogP contribution in [0.15, 0.2) is 53.5 Å². The van der Waals surface area contributed by atoms with Gasteiger partial charge in [0.25, 0.3) is 5.91 Å². The summed E-state index contributed by atoms with van der Waals surface area (Å²) in [5.41, 5.74) is 2.15. The van der Waals surface area contributed by atoms with Gasteiger partial charge in [0.2, 0.25) is 0 Å². The molecule has 0 radical (unpaired) electrons. The van der Waals surface area contributed by atoms with Crippen molar-refractivity contribution < 1.29 is 9.59 Å². The van der Waals surface area contributed by atoms with Crippen LogP contribution in [0.3, 0.4) is 0 Å². The van der Waals surface area contributed by atoms with Crippen molar-refractivity contribution in [3.05, 3.63) is 64.5 Å². The number of ketones is 1. The van der Waals surface area contributed by atoms with E-state index in [1.54, 1.807) is 24.3 Å². The maximum atomic E-state index is 12.4. The Morgan fingerprint density at radius 2 is 1.70 bits per heavy atom. The summed E-state index contributed by atoms with van der Waals surface area (Å²) in [6, 6.07) is 14.6. The Hall–Kier alpha value is -2.53. The fourth-order valence-corrected chi connectivity index (χ4v) is 3.50. The molecule has 0 saturated heterocycles. The van der Waals surface area contributed by atoms with Crippen LogP contribution >= 0.6 is 11.3 Å². The largest absolute Gasteiger partial charge is 0.317 e. The maximum Gasteiger partial charge on any atom is 0.279 e. The van der Waals surface area contributed by atoms with Crippen molar-refractivity contribution in [2.75, 3.05) is 0 Å². The summed E-state index contributed by atoms with van der Waals surface area (Å²) in [5, 5.41) is 0. The van der Waals surface area contributed by atoms with Gasteiger partial charge in [0.1, 0.15) is 0 Å². The molecule has 0 N–H and O–H groups in total. The van der Waals surface area contributed by atoms with Gasteiger partial charge in [-0.1, -0.05) is 35.6 Å². The fourth-order valence-electron chi connectivity index (χ4n) is 2.41. The van der Waals surface area contributed by atoms with Crippen molar-refractivity contribution in [1.29, 1.82) is 0 Å². The number of nitrogens with zero attached hydrogens (tertiary/aromatic N) is 2. The van der Waals surface area contributed by atoms with E-state index in [9.17, 15) is 9.59 Å². The van der Waals surface area contributed by atoms with E-state index in [4.69, 9.17) is 0 Å². The number of aryl methyl sites for hydroxylation is 1. The van der Waals surface area contributed by atoms with E-state index in [1.807, 2.05) is 35.8 Å². The van der Waals surface area contributed by atoms with Gasteiger partial charge in [0, 0.05) is 17.7 Å². The van der Waals surface area contributed by atoms with Gasteiger partial charge in [-0.3, -0.25) is 9.59 Å². The third-order valence-electron chi connectivity index (χ3n) is 3.64. The van der Waals surface area contributed by atoms with E-state index in [2.05, 4.69) is 4.99 Å². The van der Waals surface area contributed by atoms with Crippen molar-refractivity contribution >= 4 is 33.2 Å². The van der Waals surface area contributed by atoms with Crippen molar-refractivity contribution in [2.24, 2.45) is 4.99 Å². The molecule has 3 rings (SSSR count). The molecule has 0 saturated carbocycles. The highest BCUT2D eigenvalue weighted by molar-refractivity contribution is 7.16. The standard InChI is InChI=1S/C18H16N2O2S/c1-3-20-15-6-4-5-7-16(15)23-18(20)19-17(22)14-10-8-13(9-11-14)12(2)21/h4-11H,3H2,1-2H3. The number of para-hydroxylation sites is 1. The van der Waals surface area contributed by atoms with E-state index in [-0.39, 0.29) is 11.7 Å². The average Bonchev–Trinajstić information content (AvgIpc) is 2.91. The smallest absolute Gasteiger partial charge is 0.279 e. The van der Waals surface area contributed by atoms with Gasteiger partial charge in [-0.15, -0.1) is 0 Å². The zero-order valence-corrected chi connectivity index (χ0v) is 13.8. The van der Waals surface area contributed by atoms with Gasteiger partial charge in [0.15, 0.2) is 10.6 Å². The summed E-state index contributed by atoms with van der Waals surface area (Å²) in [6.07, 6.45) is 0. The minimum Gasteiger partial charge on any atom is -0.317 e. The molecule has 0 aliphatic rings. The number of carbonyl (C=O) groups excluding carboxylic acids is 2. The first-order chi connectivity index (χ1) is 11.1. The third-order valence-corrected chi connectivity index (χ3v) is 4.70. The highest BCUT2D eigenvalue weighted by atomic mass is 32.1. The van der Waals surface area contributed by atoms with Crippen LogP contribution in [0.1, 0.15) is 34.6 Å². The monoisotopic (exact) mass is 324 g/mol. The van der Waals surface area contributed by atoms with Crippen LogP contribution in [0.5, 0.6) is 0 Å². The third kappa shape index (κ3) is 3.00. The molecular formula is C18H16N2O2S. The van der Waals surface area contributed by atoms with Gasteiger partial charge in [0.05, 0.1) is 10.2 Å². The highest BCUT2D eigenvalue weighted by Crippen LogP contribution is 2.16. The summed E-state index contributed by atoms with van der Waals surface area (Å²) >= 11 is 1.50. The predicted molar refractivity (Wildman–Crippen MR) is 91.8 cm³/mol. The fraction of sp³-hybridized carbons (Fsp3) is 0.167. The molecule has 23 heavy (non-hydrogen) atoms. The first-order valence-corrected chi connectivity index (χ1v) is 8.20. The van der Waals surface area contributed by atoms with Crippen LogP contribution in [0, 0.1) is 0 Å². The first-order valence-electron chi connectivity index (χ1n) is 7.38. The minimum absolute atomic E-state index is 0.0192. The number of Topliss-reactive ketones (excluding diaryl/α,β-unsaturated/α-hetero) is 1. The maximum absolute atomic E-state index is 12.4. The molecule has 0 aliphatic carbocycles. The Balaban J connectivity index is 2.03. The quantitative estimate of drug-likeness (QED) is 0.690. The SMILES string of the molecule is CCn1c(=NC(=O)c2ccc(C(C)=O)cc2)sc2ccccc21. The number of thiazole rings is 1. The summed E-state index contributed by atoms with van der Waals surface area (Å²) in [4.78, 5) is 28.6. The first kappa shape index (κ1) is 15.4. The van der Waals surface area contributed by atoms with Gasteiger partial charge in [-0.25, -0.2) is 0 Å². The molecule has 5 heteroatoms. The molecular weight excluding hydrogens is 308 g/mol. The van der Waals surface area contributed by atoms with E-state index in [0.29, 0.717) is 15.9 Å². The van der Waals surface area contributed by atoms with Crippen molar-refractivity contribution in [3.63, 3.8) is 0 Å².